The summed E-state index contributed by atoms with van der Waals surface area (Å²) in [6, 6.07) is 13.1. The number of nitrogens with zero attached hydrogens (tertiary/aromatic N) is 1. The van der Waals surface area contributed by atoms with Crippen LogP contribution in [0, 0.1) is 0 Å². The Morgan fingerprint density at radius 1 is 1.00 bits per heavy atom. The topological polar surface area (TPSA) is 47.9 Å². The molecule has 0 aliphatic rings. The molecule has 2 aromatic carbocycles. The molecule has 0 saturated carbocycles. The maximum atomic E-state index is 10.3. The summed E-state index contributed by atoms with van der Waals surface area (Å²) >= 11 is 0. The van der Waals surface area contributed by atoms with Crippen LogP contribution in [0.1, 0.15) is 0 Å². The summed E-state index contributed by atoms with van der Waals surface area (Å²) in [5.41, 5.74) is 2.42. The molecule has 19 heavy (non-hydrogen) atoms. The molecule has 96 valence electrons. The molecule has 0 aliphatic carbocycles. The average molecular weight is 255 g/mol. The summed E-state index contributed by atoms with van der Waals surface area (Å²) in [6.07, 6.45) is 1.51. The SMILES string of the molecule is COc1cccc(-c2ccc(N=C=O)c(OC)c2)c1. The van der Waals surface area contributed by atoms with Gasteiger partial charge in [-0.2, -0.15) is 4.99 Å². The summed E-state index contributed by atoms with van der Waals surface area (Å²) in [6.45, 7) is 0. The highest BCUT2D eigenvalue weighted by molar-refractivity contribution is 5.71. The fourth-order valence-electron chi connectivity index (χ4n) is 1.80. The fourth-order valence-corrected chi connectivity index (χ4v) is 1.80. The minimum Gasteiger partial charge on any atom is -0.497 e. The molecule has 4 heteroatoms. The smallest absolute Gasteiger partial charge is 0.240 e. The first-order valence-corrected chi connectivity index (χ1v) is 5.69. The van der Waals surface area contributed by atoms with E-state index in [0.717, 1.165) is 16.9 Å². The monoisotopic (exact) mass is 255 g/mol. The van der Waals surface area contributed by atoms with Crippen LogP contribution in [0.4, 0.5) is 5.69 Å². The second-order valence-electron chi connectivity index (χ2n) is 3.82. The number of hydrogen-bond acceptors (Lipinski definition) is 4. The summed E-state index contributed by atoms with van der Waals surface area (Å²) in [5.74, 6) is 1.31. The van der Waals surface area contributed by atoms with Crippen molar-refractivity contribution < 1.29 is 14.3 Å². The van der Waals surface area contributed by atoms with E-state index >= 15 is 0 Å². The van der Waals surface area contributed by atoms with Crippen LogP contribution in [-0.2, 0) is 4.79 Å². The van der Waals surface area contributed by atoms with Crippen LogP contribution in [0.15, 0.2) is 47.5 Å². The number of benzene rings is 2. The largest absolute Gasteiger partial charge is 0.497 e. The summed E-state index contributed by atoms with van der Waals surface area (Å²) < 4.78 is 10.4. The lowest BCUT2D eigenvalue weighted by Crippen LogP contribution is -1.87. The van der Waals surface area contributed by atoms with E-state index in [1.807, 2.05) is 36.4 Å². The van der Waals surface area contributed by atoms with Crippen LogP contribution in [0.25, 0.3) is 11.1 Å². The molecule has 0 radical (unpaired) electrons. The van der Waals surface area contributed by atoms with E-state index in [-0.39, 0.29) is 0 Å². The number of aliphatic imine (C=N–C) groups is 1. The van der Waals surface area contributed by atoms with Gasteiger partial charge in [0.25, 0.3) is 0 Å². The van der Waals surface area contributed by atoms with Gasteiger partial charge in [-0.15, -0.1) is 0 Å². The maximum Gasteiger partial charge on any atom is 0.240 e. The second kappa shape index (κ2) is 5.85. The van der Waals surface area contributed by atoms with Crippen LogP contribution < -0.4 is 9.47 Å². The molecule has 0 aliphatic heterocycles. The highest BCUT2D eigenvalue weighted by Crippen LogP contribution is 2.33. The first-order chi connectivity index (χ1) is 9.28. The van der Waals surface area contributed by atoms with Gasteiger partial charge in [0.1, 0.15) is 17.2 Å². The van der Waals surface area contributed by atoms with E-state index in [9.17, 15) is 4.79 Å². The van der Waals surface area contributed by atoms with Gasteiger partial charge in [-0.1, -0.05) is 18.2 Å². The zero-order valence-corrected chi connectivity index (χ0v) is 10.7. The summed E-state index contributed by atoms with van der Waals surface area (Å²) in [7, 11) is 3.16. The van der Waals surface area contributed by atoms with E-state index in [0.29, 0.717) is 11.4 Å². The predicted octanol–water partition coefficient (Wildman–Crippen LogP) is 3.34. The van der Waals surface area contributed by atoms with Gasteiger partial charge in [-0.3, -0.25) is 0 Å². The predicted molar refractivity (Wildman–Crippen MR) is 72.8 cm³/mol. The zero-order valence-electron chi connectivity index (χ0n) is 10.7. The zero-order chi connectivity index (χ0) is 13.7. The maximum absolute atomic E-state index is 10.3. The Morgan fingerprint density at radius 3 is 2.47 bits per heavy atom. The van der Waals surface area contributed by atoms with E-state index in [1.165, 1.54) is 13.2 Å². The first-order valence-electron chi connectivity index (χ1n) is 5.69. The van der Waals surface area contributed by atoms with Gasteiger partial charge >= 0.3 is 0 Å². The van der Waals surface area contributed by atoms with Crippen molar-refractivity contribution in [3.8, 4) is 22.6 Å². The molecule has 2 aromatic rings. The lowest BCUT2D eigenvalue weighted by Gasteiger charge is -2.08. The van der Waals surface area contributed by atoms with E-state index < -0.39 is 0 Å². The molecule has 0 amide bonds. The van der Waals surface area contributed by atoms with Crippen LogP contribution >= 0.6 is 0 Å². The highest BCUT2D eigenvalue weighted by atomic mass is 16.5. The van der Waals surface area contributed by atoms with Crippen molar-refractivity contribution >= 4 is 11.8 Å². The number of methoxy groups -OCH3 is 2. The number of rotatable bonds is 4. The number of carbonyl (C=O) groups excluding carboxylic acids is 1. The number of hydrogen-bond donors (Lipinski definition) is 0. The van der Waals surface area contributed by atoms with Crippen LogP contribution in [0.2, 0.25) is 0 Å². The van der Waals surface area contributed by atoms with Crippen molar-refractivity contribution in [2.75, 3.05) is 14.2 Å². The van der Waals surface area contributed by atoms with Gasteiger partial charge in [-0.05, 0) is 35.4 Å². The Bertz CT molecular complexity index is 631. The van der Waals surface area contributed by atoms with E-state index in [4.69, 9.17) is 9.47 Å². The molecule has 0 unspecified atom stereocenters. The standard InChI is InChI=1S/C15H13NO3/c1-18-13-5-3-4-11(8-13)12-6-7-14(16-10-17)15(9-12)19-2/h3-9H,1-2H3. The molecule has 0 aromatic heterocycles. The van der Waals surface area contributed by atoms with Gasteiger partial charge in [0, 0.05) is 0 Å². The molecular formula is C15H13NO3. The molecular weight excluding hydrogens is 242 g/mol. The molecule has 0 N–H and O–H groups in total. The van der Waals surface area contributed by atoms with Crippen LogP contribution in [0.5, 0.6) is 11.5 Å². The minimum atomic E-state index is 0.462. The second-order valence-corrected chi connectivity index (χ2v) is 3.82. The van der Waals surface area contributed by atoms with Crippen LogP contribution in [0.3, 0.4) is 0 Å². The summed E-state index contributed by atoms with van der Waals surface area (Å²) in [4.78, 5) is 13.9. The average Bonchev–Trinajstić information content (AvgIpc) is 2.48. The Hall–Kier alpha value is -2.58. The third-order valence-electron chi connectivity index (χ3n) is 2.75. The third-order valence-corrected chi connectivity index (χ3v) is 2.75. The first kappa shape index (κ1) is 12.9. The molecule has 4 nitrogen and oxygen atoms in total. The van der Waals surface area contributed by atoms with Gasteiger partial charge < -0.3 is 9.47 Å². The molecule has 0 bridgehead atoms. The van der Waals surface area contributed by atoms with Gasteiger partial charge in [-0.25, -0.2) is 4.79 Å². The normalized spacial score (nSPS) is 9.58. The van der Waals surface area contributed by atoms with E-state index in [2.05, 4.69) is 4.99 Å². The highest BCUT2D eigenvalue weighted by Gasteiger charge is 2.06. The van der Waals surface area contributed by atoms with E-state index in [1.54, 1.807) is 13.2 Å². The van der Waals surface area contributed by atoms with Gasteiger partial charge in [0.2, 0.25) is 6.08 Å². The molecule has 0 saturated heterocycles. The van der Waals surface area contributed by atoms with Gasteiger partial charge in [0.05, 0.1) is 14.2 Å². The Labute approximate surface area is 111 Å². The fraction of sp³-hybridized carbons (Fsp3) is 0.133. The van der Waals surface area contributed by atoms with Crippen molar-refractivity contribution in [2.45, 2.75) is 0 Å². The summed E-state index contributed by atoms with van der Waals surface area (Å²) in [5, 5.41) is 0. The number of ether oxygens (including phenoxy) is 2. The molecule has 0 spiro atoms. The lowest BCUT2D eigenvalue weighted by atomic mass is 10.0. The minimum absolute atomic E-state index is 0.462. The Balaban J connectivity index is 2.47. The number of isocyanates is 1. The van der Waals surface area contributed by atoms with Crippen molar-refractivity contribution in [3.05, 3.63) is 42.5 Å². The molecule has 2 rings (SSSR count). The molecule has 0 atom stereocenters. The quantitative estimate of drug-likeness (QED) is 0.622. The van der Waals surface area contributed by atoms with Crippen molar-refractivity contribution in [3.63, 3.8) is 0 Å². The Morgan fingerprint density at radius 2 is 1.79 bits per heavy atom. The molecule has 0 fully saturated rings. The third kappa shape index (κ3) is 2.81. The van der Waals surface area contributed by atoms with Crippen LogP contribution in [-0.4, -0.2) is 20.3 Å². The van der Waals surface area contributed by atoms with Gasteiger partial charge in [0.15, 0.2) is 0 Å². The molecule has 0 heterocycles. The van der Waals surface area contributed by atoms with Crippen molar-refractivity contribution in [1.29, 1.82) is 0 Å². The van der Waals surface area contributed by atoms with Crippen molar-refractivity contribution in [2.24, 2.45) is 4.99 Å². The lowest BCUT2D eigenvalue weighted by molar-refractivity contribution is 0.414. The Kier molecular flexibility index (Phi) is 3.96. The van der Waals surface area contributed by atoms with Crippen molar-refractivity contribution in [1.82, 2.24) is 0 Å².